The minimum Gasteiger partial charge on any atom is -0.353 e. The second-order valence-corrected chi connectivity index (χ2v) is 7.85. The second kappa shape index (κ2) is 7.75. The number of nitrogens with zero attached hydrogens (tertiary/aromatic N) is 4. The van der Waals surface area contributed by atoms with Gasteiger partial charge in [-0.05, 0) is 24.0 Å². The smallest absolute Gasteiger partial charge is 0.237 e. The van der Waals surface area contributed by atoms with E-state index in [9.17, 15) is 9.59 Å². The minimum absolute atomic E-state index is 0.0218. The zero-order chi connectivity index (χ0) is 19.7. The summed E-state index contributed by atoms with van der Waals surface area (Å²) in [6.07, 6.45) is 5.76. The van der Waals surface area contributed by atoms with Gasteiger partial charge in [0.25, 0.3) is 0 Å². The molecule has 1 aliphatic heterocycles. The van der Waals surface area contributed by atoms with Gasteiger partial charge in [0.05, 0.1) is 18.7 Å². The predicted octanol–water partition coefficient (Wildman–Crippen LogP) is 0.736. The first kappa shape index (κ1) is 18.7. The van der Waals surface area contributed by atoms with E-state index in [0.717, 1.165) is 24.9 Å². The number of fused-ring (bicyclic) bond motifs is 1. The maximum Gasteiger partial charge on any atom is 0.237 e. The Morgan fingerprint density at radius 1 is 1.29 bits per heavy atom. The van der Waals surface area contributed by atoms with Crippen LogP contribution in [0.4, 0.5) is 0 Å². The van der Waals surface area contributed by atoms with Gasteiger partial charge in [0.15, 0.2) is 0 Å². The number of rotatable bonds is 5. The third kappa shape index (κ3) is 3.80. The van der Waals surface area contributed by atoms with E-state index < -0.39 is 6.04 Å². The summed E-state index contributed by atoms with van der Waals surface area (Å²) in [4.78, 5) is 29.4. The molecule has 28 heavy (non-hydrogen) atoms. The SMILES string of the molecule is CN(Cc1cnn(C)c1)C(=O)C[C@H]1C(=O)NCCN1C1Cc2ccccc2C1. The molecular weight excluding hydrogens is 354 g/mol. The van der Waals surface area contributed by atoms with Gasteiger partial charge in [-0.2, -0.15) is 5.10 Å². The van der Waals surface area contributed by atoms with Crippen LogP contribution in [-0.4, -0.2) is 63.6 Å². The topological polar surface area (TPSA) is 70.5 Å². The maximum absolute atomic E-state index is 12.8. The molecule has 7 heteroatoms. The van der Waals surface area contributed by atoms with Crippen molar-refractivity contribution in [3.05, 3.63) is 53.3 Å². The average Bonchev–Trinajstić information content (AvgIpc) is 3.29. The Hall–Kier alpha value is -2.67. The van der Waals surface area contributed by atoms with E-state index in [0.29, 0.717) is 13.1 Å². The molecule has 2 amide bonds. The highest BCUT2D eigenvalue weighted by Crippen LogP contribution is 2.28. The van der Waals surface area contributed by atoms with Gasteiger partial charge in [0.2, 0.25) is 11.8 Å². The number of aromatic nitrogens is 2. The summed E-state index contributed by atoms with van der Waals surface area (Å²) in [7, 11) is 3.64. The molecule has 0 bridgehead atoms. The Labute approximate surface area is 165 Å². The fourth-order valence-corrected chi connectivity index (χ4v) is 4.39. The van der Waals surface area contributed by atoms with Crippen LogP contribution < -0.4 is 5.32 Å². The molecule has 1 aliphatic carbocycles. The summed E-state index contributed by atoms with van der Waals surface area (Å²) in [6, 6.07) is 8.35. The third-order valence-corrected chi connectivity index (χ3v) is 5.84. The van der Waals surface area contributed by atoms with E-state index >= 15 is 0 Å². The molecule has 2 aliphatic rings. The standard InChI is InChI=1S/C21H27N5O2/c1-24(13-15-12-23-25(2)14-15)20(27)11-19-21(28)22-7-8-26(19)18-9-16-5-3-4-6-17(16)10-18/h3-6,12,14,18-19H,7-11,13H2,1-2H3,(H,22,28)/t19-/m0/s1. The van der Waals surface area contributed by atoms with Crippen LogP contribution in [0.2, 0.25) is 0 Å². The van der Waals surface area contributed by atoms with E-state index in [1.807, 2.05) is 13.2 Å². The van der Waals surface area contributed by atoms with E-state index in [4.69, 9.17) is 0 Å². The van der Waals surface area contributed by atoms with Gasteiger partial charge in [-0.15, -0.1) is 0 Å². The first-order valence-corrected chi connectivity index (χ1v) is 9.83. The van der Waals surface area contributed by atoms with Gasteiger partial charge in [-0.3, -0.25) is 19.2 Å². The van der Waals surface area contributed by atoms with Gasteiger partial charge in [0, 0.05) is 51.5 Å². The van der Waals surface area contributed by atoms with Crippen molar-refractivity contribution in [1.29, 1.82) is 0 Å². The van der Waals surface area contributed by atoms with Crippen molar-refractivity contribution in [2.45, 2.75) is 37.9 Å². The van der Waals surface area contributed by atoms with Crippen LogP contribution in [0.25, 0.3) is 0 Å². The van der Waals surface area contributed by atoms with Crippen molar-refractivity contribution < 1.29 is 9.59 Å². The summed E-state index contributed by atoms with van der Waals surface area (Å²) in [5, 5.41) is 7.09. The van der Waals surface area contributed by atoms with Gasteiger partial charge >= 0.3 is 0 Å². The highest BCUT2D eigenvalue weighted by molar-refractivity contribution is 5.88. The summed E-state index contributed by atoms with van der Waals surface area (Å²) >= 11 is 0. The van der Waals surface area contributed by atoms with Crippen LogP contribution in [0.15, 0.2) is 36.7 Å². The van der Waals surface area contributed by atoms with Crippen LogP contribution >= 0.6 is 0 Å². The number of hydrogen-bond donors (Lipinski definition) is 1. The molecule has 0 unspecified atom stereocenters. The largest absolute Gasteiger partial charge is 0.353 e. The molecule has 1 saturated heterocycles. The van der Waals surface area contributed by atoms with Crippen LogP contribution in [0, 0.1) is 0 Å². The molecule has 2 heterocycles. The fourth-order valence-electron chi connectivity index (χ4n) is 4.39. The number of carbonyl (C=O) groups excluding carboxylic acids is 2. The molecule has 0 radical (unpaired) electrons. The van der Waals surface area contributed by atoms with E-state index in [-0.39, 0.29) is 24.3 Å². The zero-order valence-electron chi connectivity index (χ0n) is 16.5. The zero-order valence-corrected chi connectivity index (χ0v) is 16.5. The molecule has 1 fully saturated rings. The minimum atomic E-state index is -0.406. The lowest BCUT2D eigenvalue weighted by molar-refractivity contribution is -0.139. The van der Waals surface area contributed by atoms with E-state index in [1.165, 1.54) is 11.1 Å². The second-order valence-electron chi connectivity index (χ2n) is 7.85. The Bertz CT molecular complexity index is 852. The summed E-state index contributed by atoms with van der Waals surface area (Å²) in [6.45, 7) is 1.92. The van der Waals surface area contributed by atoms with E-state index in [2.05, 4.69) is 39.6 Å². The number of amides is 2. The lowest BCUT2D eigenvalue weighted by Crippen LogP contribution is -2.59. The van der Waals surface area contributed by atoms with Crippen molar-refractivity contribution in [2.24, 2.45) is 7.05 Å². The van der Waals surface area contributed by atoms with Crippen LogP contribution in [0.1, 0.15) is 23.1 Å². The average molecular weight is 381 g/mol. The molecule has 4 rings (SSSR count). The number of nitrogens with one attached hydrogen (secondary N) is 1. The molecule has 1 aromatic heterocycles. The highest BCUT2D eigenvalue weighted by atomic mass is 16.2. The van der Waals surface area contributed by atoms with Crippen molar-refractivity contribution in [1.82, 2.24) is 24.9 Å². The predicted molar refractivity (Wildman–Crippen MR) is 105 cm³/mol. The number of piperazine rings is 1. The normalized spacial score (nSPS) is 20.1. The van der Waals surface area contributed by atoms with E-state index in [1.54, 1.807) is 22.8 Å². The number of aryl methyl sites for hydroxylation is 1. The molecule has 1 atom stereocenters. The lowest BCUT2D eigenvalue weighted by Gasteiger charge is -2.39. The summed E-state index contributed by atoms with van der Waals surface area (Å²) in [5.41, 5.74) is 3.70. The van der Waals surface area contributed by atoms with Crippen LogP contribution in [0.5, 0.6) is 0 Å². The summed E-state index contributed by atoms with van der Waals surface area (Å²) < 4.78 is 1.72. The fraction of sp³-hybridized carbons (Fsp3) is 0.476. The van der Waals surface area contributed by atoms with Crippen molar-refractivity contribution in [3.8, 4) is 0 Å². The highest BCUT2D eigenvalue weighted by Gasteiger charge is 2.38. The van der Waals surface area contributed by atoms with Gasteiger partial charge in [-0.25, -0.2) is 0 Å². The van der Waals surface area contributed by atoms with Crippen LogP contribution in [-0.2, 0) is 36.0 Å². The molecule has 7 nitrogen and oxygen atoms in total. The summed E-state index contributed by atoms with van der Waals surface area (Å²) in [5.74, 6) is -0.0586. The maximum atomic E-state index is 12.8. The first-order valence-electron chi connectivity index (χ1n) is 9.83. The molecule has 2 aromatic rings. The van der Waals surface area contributed by atoms with Crippen molar-refractivity contribution >= 4 is 11.8 Å². The van der Waals surface area contributed by atoms with Gasteiger partial charge in [0.1, 0.15) is 0 Å². The number of hydrogen-bond acceptors (Lipinski definition) is 4. The Morgan fingerprint density at radius 3 is 2.64 bits per heavy atom. The molecule has 148 valence electrons. The molecule has 0 saturated carbocycles. The number of benzene rings is 1. The lowest BCUT2D eigenvalue weighted by atomic mass is 10.0. The third-order valence-electron chi connectivity index (χ3n) is 5.84. The quantitative estimate of drug-likeness (QED) is 0.829. The first-order chi connectivity index (χ1) is 13.5. The Balaban J connectivity index is 1.43. The molecular formula is C21H27N5O2. The van der Waals surface area contributed by atoms with Crippen molar-refractivity contribution in [2.75, 3.05) is 20.1 Å². The monoisotopic (exact) mass is 381 g/mol. The van der Waals surface area contributed by atoms with Gasteiger partial charge in [-0.1, -0.05) is 24.3 Å². The Kier molecular flexibility index (Phi) is 5.17. The van der Waals surface area contributed by atoms with Gasteiger partial charge < -0.3 is 10.2 Å². The Morgan fingerprint density at radius 2 is 2.00 bits per heavy atom. The number of carbonyl (C=O) groups is 2. The van der Waals surface area contributed by atoms with Crippen molar-refractivity contribution in [3.63, 3.8) is 0 Å². The molecule has 1 aromatic carbocycles. The molecule has 0 spiro atoms. The molecule has 1 N–H and O–H groups in total. The van der Waals surface area contributed by atoms with Crippen LogP contribution in [0.3, 0.4) is 0 Å².